The average Bonchev–Trinajstić information content (AvgIpc) is 2.64. The fourth-order valence-corrected chi connectivity index (χ4v) is 0.896. The van der Waals surface area contributed by atoms with Gasteiger partial charge in [-0.2, -0.15) is 28.6 Å². The lowest BCUT2D eigenvalue weighted by molar-refractivity contribution is -0.136. The van der Waals surface area contributed by atoms with Gasteiger partial charge in [-0.05, 0) is 0 Å². The van der Waals surface area contributed by atoms with Crippen LogP contribution in [0.1, 0.15) is 16.9 Å². The molecule has 0 saturated carbocycles. The second-order valence-corrected chi connectivity index (χ2v) is 2.95. The van der Waals surface area contributed by atoms with E-state index in [2.05, 4.69) is 15.4 Å². The highest BCUT2D eigenvalue weighted by molar-refractivity contribution is 5.91. The number of hydrogen-bond acceptors (Lipinski definition) is 3. The number of amides is 1. The van der Waals surface area contributed by atoms with E-state index >= 15 is 0 Å². The van der Waals surface area contributed by atoms with Crippen molar-refractivity contribution in [2.75, 3.05) is 13.6 Å². The van der Waals surface area contributed by atoms with Crippen LogP contribution in [0, 0.1) is 0 Å². The molecule has 0 aliphatic carbocycles. The van der Waals surface area contributed by atoms with E-state index in [9.17, 15) is 18.0 Å². The monoisotopic (exact) mass is 222 g/mol. The summed E-state index contributed by atoms with van der Waals surface area (Å²) < 4.78 is 35.5. The Kier molecular flexibility index (Phi) is 3.28. The Morgan fingerprint density at radius 1 is 1.60 bits per heavy atom. The summed E-state index contributed by atoms with van der Waals surface area (Å²) in [5.74, 6) is -0.590. The van der Waals surface area contributed by atoms with Gasteiger partial charge in [0, 0.05) is 13.6 Å². The molecule has 1 N–H and O–H groups in total. The minimum atomic E-state index is -4.27. The highest BCUT2D eigenvalue weighted by Crippen LogP contribution is 2.19. The van der Waals surface area contributed by atoms with Crippen molar-refractivity contribution in [1.82, 2.24) is 20.3 Å². The van der Waals surface area contributed by atoms with Gasteiger partial charge in [-0.3, -0.25) is 4.79 Å². The Labute approximate surface area is 83.3 Å². The standard InChI is InChI=1S/C7H9F3N4O/c1-14(3-2-7(8,9)10)6(15)5-4-11-13-12-5/h4H,2-3H2,1H3,(H,11,12,13). The number of halogens is 3. The normalized spacial score (nSPS) is 11.5. The molecule has 0 aliphatic rings. The predicted octanol–water partition coefficient (Wildman–Crippen LogP) is 0.829. The lowest BCUT2D eigenvalue weighted by atomic mass is 10.3. The molecule has 0 radical (unpaired) electrons. The topological polar surface area (TPSA) is 61.9 Å². The second-order valence-electron chi connectivity index (χ2n) is 2.95. The first-order valence-corrected chi connectivity index (χ1v) is 4.08. The molecule has 0 spiro atoms. The summed E-state index contributed by atoms with van der Waals surface area (Å²) in [7, 11) is 1.28. The van der Waals surface area contributed by atoms with Crippen LogP contribution in [0.25, 0.3) is 0 Å². The third-order valence-corrected chi connectivity index (χ3v) is 1.71. The molecule has 0 atom stereocenters. The van der Waals surface area contributed by atoms with Crippen LogP contribution in [0.2, 0.25) is 0 Å². The van der Waals surface area contributed by atoms with Gasteiger partial charge >= 0.3 is 6.18 Å². The Hall–Kier alpha value is -1.60. The van der Waals surface area contributed by atoms with Gasteiger partial charge in [-0.15, -0.1) is 0 Å². The number of rotatable bonds is 3. The van der Waals surface area contributed by atoms with E-state index < -0.39 is 25.0 Å². The molecule has 0 unspecified atom stereocenters. The quantitative estimate of drug-likeness (QED) is 0.823. The molecule has 0 bridgehead atoms. The van der Waals surface area contributed by atoms with Gasteiger partial charge < -0.3 is 4.90 Å². The number of aromatic amines is 1. The van der Waals surface area contributed by atoms with Gasteiger partial charge in [0.25, 0.3) is 5.91 Å². The number of alkyl halides is 3. The van der Waals surface area contributed by atoms with Crippen molar-refractivity contribution >= 4 is 5.91 Å². The second kappa shape index (κ2) is 4.28. The summed E-state index contributed by atoms with van der Waals surface area (Å²) in [5.41, 5.74) is -0.000301. The maximum atomic E-state index is 11.8. The molecule has 8 heteroatoms. The van der Waals surface area contributed by atoms with Crippen LogP contribution >= 0.6 is 0 Å². The van der Waals surface area contributed by atoms with E-state index in [0.29, 0.717) is 0 Å². The van der Waals surface area contributed by atoms with Crippen LogP contribution in [0.4, 0.5) is 13.2 Å². The first kappa shape index (κ1) is 11.5. The van der Waals surface area contributed by atoms with Gasteiger partial charge in [-0.1, -0.05) is 0 Å². The van der Waals surface area contributed by atoms with E-state index in [1.165, 1.54) is 7.05 Å². The first-order valence-electron chi connectivity index (χ1n) is 4.08. The molecule has 0 saturated heterocycles. The predicted molar refractivity (Wildman–Crippen MR) is 44.0 cm³/mol. The fourth-order valence-electron chi connectivity index (χ4n) is 0.896. The fraction of sp³-hybridized carbons (Fsp3) is 0.571. The van der Waals surface area contributed by atoms with Gasteiger partial charge in [-0.25, -0.2) is 0 Å². The highest BCUT2D eigenvalue weighted by atomic mass is 19.4. The van der Waals surface area contributed by atoms with E-state index in [4.69, 9.17) is 0 Å². The molecule has 0 fully saturated rings. The number of carbonyl (C=O) groups is 1. The molecular formula is C7H9F3N4O. The van der Waals surface area contributed by atoms with Crippen LogP contribution in [0.15, 0.2) is 6.20 Å². The van der Waals surface area contributed by atoms with Gasteiger partial charge in [0.2, 0.25) is 0 Å². The summed E-state index contributed by atoms with van der Waals surface area (Å²) in [6.45, 7) is -0.394. The number of hydrogen-bond donors (Lipinski definition) is 1. The average molecular weight is 222 g/mol. The van der Waals surface area contributed by atoms with E-state index in [0.717, 1.165) is 11.1 Å². The van der Waals surface area contributed by atoms with Crippen molar-refractivity contribution in [1.29, 1.82) is 0 Å². The van der Waals surface area contributed by atoms with Crippen LogP contribution < -0.4 is 0 Å². The Morgan fingerprint density at radius 2 is 2.27 bits per heavy atom. The van der Waals surface area contributed by atoms with E-state index in [-0.39, 0.29) is 5.69 Å². The van der Waals surface area contributed by atoms with Crippen LogP contribution in [0.3, 0.4) is 0 Å². The largest absolute Gasteiger partial charge is 0.390 e. The minimum absolute atomic E-state index is 0.000301. The minimum Gasteiger partial charge on any atom is -0.340 e. The van der Waals surface area contributed by atoms with Crippen molar-refractivity contribution in [3.63, 3.8) is 0 Å². The van der Waals surface area contributed by atoms with Gasteiger partial charge in [0.1, 0.15) is 0 Å². The summed E-state index contributed by atoms with van der Waals surface area (Å²) in [6, 6.07) is 0. The smallest absolute Gasteiger partial charge is 0.340 e. The first-order chi connectivity index (χ1) is 6.90. The molecule has 1 aromatic rings. The van der Waals surface area contributed by atoms with Crippen LogP contribution in [-0.2, 0) is 0 Å². The van der Waals surface area contributed by atoms with Crippen molar-refractivity contribution in [2.24, 2.45) is 0 Å². The van der Waals surface area contributed by atoms with Crippen molar-refractivity contribution < 1.29 is 18.0 Å². The number of H-pyrrole nitrogens is 1. The molecule has 1 heterocycles. The zero-order chi connectivity index (χ0) is 11.5. The Balaban J connectivity index is 2.48. The molecule has 5 nitrogen and oxygen atoms in total. The number of carbonyl (C=O) groups excluding carboxylic acids is 1. The SMILES string of the molecule is CN(CCC(F)(F)F)C(=O)c1cn[nH]n1. The lowest BCUT2D eigenvalue weighted by Gasteiger charge is -2.16. The molecule has 1 rings (SSSR count). The van der Waals surface area contributed by atoms with Gasteiger partial charge in [0.15, 0.2) is 5.69 Å². The molecule has 15 heavy (non-hydrogen) atoms. The van der Waals surface area contributed by atoms with E-state index in [1.807, 2.05) is 0 Å². The third-order valence-electron chi connectivity index (χ3n) is 1.71. The lowest BCUT2D eigenvalue weighted by Crippen LogP contribution is -2.30. The molecule has 0 aliphatic heterocycles. The molecule has 84 valence electrons. The number of nitrogens with one attached hydrogen (secondary N) is 1. The maximum absolute atomic E-state index is 11.8. The molecule has 1 amide bonds. The van der Waals surface area contributed by atoms with Crippen LogP contribution in [0.5, 0.6) is 0 Å². The van der Waals surface area contributed by atoms with Crippen molar-refractivity contribution in [3.8, 4) is 0 Å². The van der Waals surface area contributed by atoms with Crippen molar-refractivity contribution in [2.45, 2.75) is 12.6 Å². The highest BCUT2D eigenvalue weighted by Gasteiger charge is 2.28. The zero-order valence-corrected chi connectivity index (χ0v) is 7.88. The Morgan fingerprint density at radius 3 is 2.73 bits per heavy atom. The molecule has 0 aromatic carbocycles. The summed E-state index contributed by atoms with van der Waals surface area (Å²) in [5, 5.41) is 9.07. The van der Waals surface area contributed by atoms with Crippen molar-refractivity contribution in [3.05, 3.63) is 11.9 Å². The molecule has 1 aromatic heterocycles. The van der Waals surface area contributed by atoms with Crippen LogP contribution in [-0.4, -0.2) is 46.0 Å². The molecular weight excluding hydrogens is 213 g/mol. The zero-order valence-electron chi connectivity index (χ0n) is 7.88. The maximum Gasteiger partial charge on any atom is 0.390 e. The number of aromatic nitrogens is 3. The van der Waals surface area contributed by atoms with E-state index in [1.54, 1.807) is 0 Å². The Bertz CT molecular complexity index is 321. The number of nitrogens with zero attached hydrogens (tertiary/aromatic N) is 3. The summed E-state index contributed by atoms with van der Waals surface area (Å²) in [6.07, 6.45) is -4.14. The summed E-state index contributed by atoms with van der Waals surface area (Å²) in [4.78, 5) is 12.3. The van der Waals surface area contributed by atoms with Gasteiger partial charge in [0.05, 0.1) is 12.6 Å². The summed E-state index contributed by atoms with van der Waals surface area (Å²) >= 11 is 0. The third kappa shape index (κ3) is 3.56.